The van der Waals surface area contributed by atoms with Crippen LogP contribution in [0, 0.1) is 12.7 Å². The van der Waals surface area contributed by atoms with Crippen molar-refractivity contribution in [3.05, 3.63) is 126 Å². The van der Waals surface area contributed by atoms with Crippen molar-refractivity contribution in [2.24, 2.45) is 0 Å². The zero-order valence-corrected chi connectivity index (χ0v) is 17.7. The smallest absolute Gasteiger partial charge is 0.123 e. The Kier molecular flexibility index (Phi) is 5.12. The molecule has 3 aromatic carbocycles. The predicted octanol–water partition coefficient (Wildman–Crippen LogP) is 6.51. The minimum atomic E-state index is -0.256. The third-order valence-electron chi connectivity index (χ3n) is 5.85. The van der Waals surface area contributed by atoms with Gasteiger partial charge in [0.15, 0.2) is 0 Å². The molecule has 2 N–H and O–H groups in total. The molecule has 2 heterocycles. The molecule has 32 heavy (non-hydrogen) atoms. The monoisotopic (exact) mass is 419 g/mol. The van der Waals surface area contributed by atoms with Crippen molar-refractivity contribution in [3.8, 4) is 11.1 Å². The van der Waals surface area contributed by atoms with E-state index in [0.717, 1.165) is 44.4 Å². The lowest BCUT2D eigenvalue weighted by molar-refractivity contribution is 0.627. The number of hydrogen-bond acceptors (Lipinski definition) is 3. The first kappa shape index (κ1) is 19.9. The van der Waals surface area contributed by atoms with Crippen LogP contribution in [0.1, 0.15) is 28.3 Å². The lowest BCUT2D eigenvalue weighted by Crippen LogP contribution is -2.05. The second kappa shape index (κ2) is 8.23. The second-order valence-electron chi connectivity index (χ2n) is 7.90. The minimum absolute atomic E-state index is 0.102. The Morgan fingerprint density at radius 3 is 2.28 bits per heavy atom. The number of benzene rings is 3. The molecular weight excluding hydrogens is 397 g/mol. The number of nitrogens with two attached hydrogens (primary N) is 1. The zero-order chi connectivity index (χ0) is 22.1. The number of pyridine rings is 2. The van der Waals surface area contributed by atoms with Crippen LogP contribution in [0.25, 0.3) is 22.0 Å². The van der Waals surface area contributed by atoms with Gasteiger partial charge in [-0.05, 0) is 59.5 Å². The predicted molar refractivity (Wildman–Crippen MR) is 128 cm³/mol. The molecule has 5 aromatic rings. The molecule has 0 aliphatic carbocycles. The summed E-state index contributed by atoms with van der Waals surface area (Å²) in [6.07, 6.45) is 3.60. The van der Waals surface area contributed by atoms with Crippen molar-refractivity contribution < 1.29 is 4.39 Å². The molecule has 156 valence electrons. The first-order valence-electron chi connectivity index (χ1n) is 10.5. The Morgan fingerprint density at radius 1 is 0.812 bits per heavy atom. The van der Waals surface area contributed by atoms with Crippen LogP contribution in [0.5, 0.6) is 0 Å². The standard InChI is InChI=1S/C28H22FN3/c1-18-26(19-6-3-2-4-7-19)28(30)24-16-21(11-14-25(24)32-18)27(22-8-5-15-31-17-22)20-9-12-23(29)13-10-20/h2-17,27H,1H3,(H2,30,32). The number of aromatic nitrogens is 2. The number of fused-ring (bicyclic) bond motifs is 1. The van der Waals surface area contributed by atoms with E-state index in [4.69, 9.17) is 10.7 Å². The molecule has 0 spiro atoms. The molecule has 3 nitrogen and oxygen atoms in total. The summed E-state index contributed by atoms with van der Waals surface area (Å²) >= 11 is 0. The Hall–Kier alpha value is -4.05. The lowest BCUT2D eigenvalue weighted by Gasteiger charge is -2.20. The molecule has 0 fully saturated rings. The van der Waals surface area contributed by atoms with Gasteiger partial charge in [0.25, 0.3) is 0 Å². The molecule has 0 bridgehead atoms. The van der Waals surface area contributed by atoms with E-state index in [1.165, 1.54) is 12.1 Å². The van der Waals surface area contributed by atoms with Crippen LogP contribution in [0.3, 0.4) is 0 Å². The summed E-state index contributed by atoms with van der Waals surface area (Å²) in [5.41, 5.74) is 14.2. The van der Waals surface area contributed by atoms with Gasteiger partial charge in [-0.1, -0.05) is 54.6 Å². The molecule has 4 heteroatoms. The van der Waals surface area contributed by atoms with Crippen molar-refractivity contribution in [3.63, 3.8) is 0 Å². The third-order valence-corrected chi connectivity index (χ3v) is 5.85. The highest BCUT2D eigenvalue weighted by Crippen LogP contribution is 2.38. The van der Waals surface area contributed by atoms with Crippen molar-refractivity contribution in [1.29, 1.82) is 0 Å². The zero-order valence-electron chi connectivity index (χ0n) is 17.7. The number of nitrogens with zero attached hydrogens (tertiary/aromatic N) is 2. The first-order valence-corrected chi connectivity index (χ1v) is 10.5. The maximum Gasteiger partial charge on any atom is 0.123 e. The van der Waals surface area contributed by atoms with Crippen molar-refractivity contribution in [2.75, 3.05) is 5.73 Å². The topological polar surface area (TPSA) is 51.8 Å². The Labute approximate surface area is 186 Å². The number of anilines is 1. The van der Waals surface area contributed by atoms with E-state index >= 15 is 0 Å². The highest BCUT2D eigenvalue weighted by Gasteiger charge is 2.19. The molecule has 0 aliphatic heterocycles. The van der Waals surface area contributed by atoms with Gasteiger partial charge in [0, 0.05) is 35.0 Å². The second-order valence-corrected chi connectivity index (χ2v) is 7.90. The Morgan fingerprint density at radius 2 is 1.56 bits per heavy atom. The number of aryl methyl sites for hydroxylation is 1. The van der Waals surface area contributed by atoms with Crippen LogP contribution in [-0.4, -0.2) is 9.97 Å². The average molecular weight is 420 g/mol. The fraction of sp³-hybridized carbons (Fsp3) is 0.0714. The molecule has 0 aliphatic rings. The summed E-state index contributed by atoms with van der Waals surface area (Å²) in [6.45, 7) is 1.99. The maximum atomic E-state index is 13.6. The first-order chi connectivity index (χ1) is 15.6. The number of hydrogen-bond donors (Lipinski definition) is 1. The fourth-order valence-electron chi connectivity index (χ4n) is 4.36. The van der Waals surface area contributed by atoms with E-state index in [0.29, 0.717) is 5.69 Å². The Balaban J connectivity index is 1.72. The van der Waals surface area contributed by atoms with Gasteiger partial charge in [-0.3, -0.25) is 9.97 Å². The molecular formula is C28H22FN3. The molecule has 2 aromatic heterocycles. The van der Waals surface area contributed by atoms with E-state index < -0.39 is 0 Å². The van der Waals surface area contributed by atoms with Gasteiger partial charge in [0.2, 0.25) is 0 Å². The van der Waals surface area contributed by atoms with Gasteiger partial charge in [-0.25, -0.2) is 4.39 Å². The van der Waals surface area contributed by atoms with E-state index in [2.05, 4.69) is 17.1 Å². The largest absolute Gasteiger partial charge is 0.398 e. The lowest BCUT2D eigenvalue weighted by atomic mass is 9.85. The molecule has 1 atom stereocenters. The summed E-state index contributed by atoms with van der Waals surface area (Å²) < 4.78 is 13.6. The van der Waals surface area contributed by atoms with E-state index in [1.54, 1.807) is 6.20 Å². The number of rotatable bonds is 4. The fourth-order valence-corrected chi connectivity index (χ4v) is 4.36. The Bertz CT molecular complexity index is 1380. The quantitative estimate of drug-likeness (QED) is 0.361. The van der Waals surface area contributed by atoms with Gasteiger partial charge < -0.3 is 5.73 Å². The molecule has 1 unspecified atom stereocenters. The molecule has 0 radical (unpaired) electrons. The average Bonchev–Trinajstić information content (AvgIpc) is 2.82. The summed E-state index contributed by atoms with van der Waals surface area (Å²) in [4.78, 5) is 9.14. The van der Waals surface area contributed by atoms with E-state index in [1.807, 2.05) is 73.8 Å². The highest BCUT2D eigenvalue weighted by molar-refractivity contribution is 5.99. The summed E-state index contributed by atoms with van der Waals surface area (Å²) in [5, 5.41) is 0.906. The van der Waals surface area contributed by atoms with Gasteiger partial charge in [0.05, 0.1) is 11.2 Å². The normalized spacial score (nSPS) is 12.1. The van der Waals surface area contributed by atoms with Crippen molar-refractivity contribution >= 4 is 16.6 Å². The van der Waals surface area contributed by atoms with Crippen LogP contribution in [0.2, 0.25) is 0 Å². The number of halogens is 1. The highest BCUT2D eigenvalue weighted by atomic mass is 19.1. The van der Waals surface area contributed by atoms with Crippen LogP contribution in [0.4, 0.5) is 10.1 Å². The summed E-state index contributed by atoms with van der Waals surface area (Å²) in [7, 11) is 0. The van der Waals surface area contributed by atoms with E-state index in [9.17, 15) is 4.39 Å². The van der Waals surface area contributed by atoms with Gasteiger partial charge >= 0.3 is 0 Å². The van der Waals surface area contributed by atoms with Crippen LogP contribution in [-0.2, 0) is 0 Å². The number of nitrogen functional groups attached to an aromatic ring is 1. The molecule has 0 saturated carbocycles. The summed E-state index contributed by atoms with van der Waals surface area (Å²) in [5.74, 6) is -0.358. The molecule has 5 rings (SSSR count). The van der Waals surface area contributed by atoms with Crippen LogP contribution in [0.15, 0.2) is 97.3 Å². The third kappa shape index (κ3) is 3.60. The van der Waals surface area contributed by atoms with Crippen LogP contribution < -0.4 is 5.73 Å². The summed E-state index contributed by atoms with van der Waals surface area (Å²) in [6, 6.07) is 26.9. The molecule has 0 amide bonds. The van der Waals surface area contributed by atoms with E-state index in [-0.39, 0.29) is 11.7 Å². The van der Waals surface area contributed by atoms with Crippen LogP contribution >= 0.6 is 0 Å². The van der Waals surface area contributed by atoms with Gasteiger partial charge in [0.1, 0.15) is 5.82 Å². The van der Waals surface area contributed by atoms with Crippen molar-refractivity contribution in [1.82, 2.24) is 9.97 Å². The van der Waals surface area contributed by atoms with Crippen molar-refractivity contribution in [2.45, 2.75) is 12.8 Å². The molecule has 0 saturated heterocycles. The minimum Gasteiger partial charge on any atom is -0.398 e. The van der Waals surface area contributed by atoms with Gasteiger partial charge in [-0.15, -0.1) is 0 Å². The maximum absolute atomic E-state index is 13.6. The SMILES string of the molecule is Cc1nc2ccc(C(c3ccc(F)cc3)c3cccnc3)cc2c(N)c1-c1ccccc1. The van der Waals surface area contributed by atoms with Gasteiger partial charge in [-0.2, -0.15) is 0 Å².